The highest BCUT2D eigenvalue weighted by Crippen LogP contribution is 2.25. The fourth-order valence-corrected chi connectivity index (χ4v) is 5.30. The second kappa shape index (κ2) is 6.53. The topological polar surface area (TPSA) is 66.6 Å². The van der Waals surface area contributed by atoms with Gasteiger partial charge in [0, 0.05) is 26.2 Å². The quantitative estimate of drug-likeness (QED) is 0.859. The summed E-state index contributed by atoms with van der Waals surface area (Å²) in [6.45, 7) is 5.12. The van der Waals surface area contributed by atoms with E-state index in [1.807, 2.05) is 5.38 Å². The van der Waals surface area contributed by atoms with Crippen molar-refractivity contribution in [1.29, 1.82) is 0 Å². The van der Waals surface area contributed by atoms with Gasteiger partial charge in [-0.1, -0.05) is 6.92 Å². The summed E-state index contributed by atoms with van der Waals surface area (Å²) in [5.74, 6) is 0. The molecule has 0 bridgehead atoms. The fraction of sp³-hybridized carbons (Fsp3) is 0.692. The zero-order valence-corrected chi connectivity index (χ0v) is 13.7. The lowest BCUT2D eigenvalue weighted by molar-refractivity contribution is 0.238. The molecule has 0 saturated carbocycles. The van der Waals surface area contributed by atoms with Gasteiger partial charge in [-0.15, -0.1) is 11.3 Å². The highest BCUT2D eigenvalue weighted by Gasteiger charge is 2.29. The Morgan fingerprint density at radius 3 is 2.90 bits per heavy atom. The van der Waals surface area contributed by atoms with E-state index < -0.39 is 10.0 Å². The van der Waals surface area contributed by atoms with Gasteiger partial charge in [-0.2, -0.15) is 4.31 Å². The number of sulfonamides is 1. The molecule has 1 unspecified atom stereocenters. The lowest BCUT2D eigenvalue weighted by Gasteiger charge is -2.27. The van der Waals surface area contributed by atoms with Crippen LogP contribution in [0.3, 0.4) is 0 Å². The summed E-state index contributed by atoms with van der Waals surface area (Å²) in [5, 5.41) is 1.81. The van der Waals surface area contributed by atoms with Crippen LogP contribution in [0.2, 0.25) is 0 Å². The van der Waals surface area contributed by atoms with Gasteiger partial charge in [0.05, 0.1) is 0 Å². The average molecular weight is 317 g/mol. The van der Waals surface area contributed by atoms with Gasteiger partial charge in [0.2, 0.25) is 0 Å². The van der Waals surface area contributed by atoms with E-state index >= 15 is 0 Å². The molecule has 0 spiro atoms. The zero-order valence-electron chi connectivity index (χ0n) is 12.1. The molecule has 1 aliphatic heterocycles. The molecule has 1 atom stereocenters. The summed E-state index contributed by atoms with van der Waals surface area (Å²) in [6.07, 6.45) is 2.23. The second-order valence-corrected chi connectivity index (χ2v) is 8.37. The summed E-state index contributed by atoms with van der Waals surface area (Å²) >= 11 is 1.25. The lowest BCUT2D eigenvalue weighted by atomic mass is 10.2. The Morgan fingerprint density at radius 1 is 1.55 bits per heavy atom. The molecule has 2 N–H and O–H groups in total. The largest absolute Gasteiger partial charge is 0.326 e. The van der Waals surface area contributed by atoms with Crippen LogP contribution in [-0.4, -0.2) is 50.3 Å². The van der Waals surface area contributed by atoms with E-state index in [1.165, 1.54) is 15.6 Å². The van der Waals surface area contributed by atoms with Crippen LogP contribution < -0.4 is 5.73 Å². The molecule has 7 heteroatoms. The lowest BCUT2D eigenvalue weighted by Crippen LogP contribution is -2.40. The fourth-order valence-electron chi connectivity index (χ4n) is 2.66. The maximum Gasteiger partial charge on any atom is 0.252 e. The molecule has 20 heavy (non-hydrogen) atoms. The summed E-state index contributed by atoms with van der Waals surface area (Å²) < 4.78 is 26.9. The van der Waals surface area contributed by atoms with Crippen molar-refractivity contribution in [3.63, 3.8) is 0 Å². The third-order valence-electron chi connectivity index (χ3n) is 3.90. The van der Waals surface area contributed by atoms with E-state index in [1.54, 1.807) is 13.1 Å². The monoisotopic (exact) mass is 317 g/mol. The maximum absolute atomic E-state index is 12.5. The predicted molar refractivity (Wildman–Crippen MR) is 82.3 cm³/mol. The summed E-state index contributed by atoms with van der Waals surface area (Å²) in [7, 11) is -1.71. The van der Waals surface area contributed by atoms with Gasteiger partial charge in [0.1, 0.15) is 4.21 Å². The molecular formula is C13H23N3O2S2. The molecule has 1 fully saturated rings. The number of nitrogens with two attached hydrogens (primary N) is 1. The van der Waals surface area contributed by atoms with Crippen molar-refractivity contribution in [2.75, 3.05) is 26.7 Å². The molecule has 1 saturated heterocycles. The first-order valence-electron chi connectivity index (χ1n) is 6.97. The van der Waals surface area contributed by atoms with Crippen LogP contribution in [0.5, 0.6) is 0 Å². The molecule has 0 aliphatic carbocycles. The summed E-state index contributed by atoms with van der Waals surface area (Å²) in [5.41, 5.74) is 6.42. The molecule has 5 nitrogen and oxygen atoms in total. The van der Waals surface area contributed by atoms with Crippen molar-refractivity contribution in [3.8, 4) is 0 Å². The van der Waals surface area contributed by atoms with E-state index in [-0.39, 0.29) is 0 Å². The molecule has 2 heterocycles. The number of hydrogen-bond donors (Lipinski definition) is 1. The van der Waals surface area contributed by atoms with E-state index in [0.717, 1.165) is 31.5 Å². The van der Waals surface area contributed by atoms with Crippen LogP contribution in [0.1, 0.15) is 25.3 Å². The van der Waals surface area contributed by atoms with Crippen molar-refractivity contribution in [1.82, 2.24) is 9.21 Å². The first kappa shape index (κ1) is 15.9. The Morgan fingerprint density at radius 2 is 2.30 bits per heavy atom. The first-order chi connectivity index (χ1) is 9.48. The maximum atomic E-state index is 12.5. The van der Waals surface area contributed by atoms with Gasteiger partial charge in [0.15, 0.2) is 0 Å². The predicted octanol–water partition coefficient (Wildman–Crippen LogP) is 1.31. The molecule has 114 valence electrons. The Kier molecular flexibility index (Phi) is 5.19. The van der Waals surface area contributed by atoms with E-state index in [0.29, 0.717) is 23.3 Å². The van der Waals surface area contributed by atoms with Crippen LogP contribution in [0.4, 0.5) is 0 Å². The third-order valence-corrected chi connectivity index (χ3v) is 7.19. The normalized spacial score (nSPS) is 20.9. The minimum absolute atomic E-state index is 0.341. The molecule has 1 aromatic rings. The van der Waals surface area contributed by atoms with E-state index in [2.05, 4.69) is 11.8 Å². The van der Waals surface area contributed by atoms with Crippen molar-refractivity contribution in [2.45, 2.75) is 36.6 Å². The van der Waals surface area contributed by atoms with Gasteiger partial charge in [-0.05, 0) is 42.9 Å². The smallest absolute Gasteiger partial charge is 0.252 e. The van der Waals surface area contributed by atoms with Crippen molar-refractivity contribution >= 4 is 21.4 Å². The molecular weight excluding hydrogens is 294 g/mol. The van der Waals surface area contributed by atoms with E-state index in [9.17, 15) is 8.42 Å². The van der Waals surface area contributed by atoms with Gasteiger partial charge in [-0.3, -0.25) is 4.90 Å². The van der Waals surface area contributed by atoms with Crippen molar-refractivity contribution in [2.24, 2.45) is 5.73 Å². The number of thiophene rings is 1. The Labute approximate surface area is 125 Å². The number of hydrogen-bond acceptors (Lipinski definition) is 5. The molecule has 1 aliphatic rings. The second-order valence-electron chi connectivity index (χ2n) is 5.19. The summed E-state index contributed by atoms with van der Waals surface area (Å²) in [6, 6.07) is 2.02. The number of rotatable bonds is 6. The van der Waals surface area contributed by atoms with Crippen LogP contribution in [-0.2, 0) is 16.6 Å². The van der Waals surface area contributed by atoms with Crippen LogP contribution >= 0.6 is 11.3 Å². The zero-order chi connectivity index (χ0) is 14.8. The van der Waals surface area contributed by atoms with Crippen molar-refractivity contribution < 1.29 is 8.42 Å². The SMILES string of the molecule is CCN1CCCC1CN(C)S(=O)(=O)c1cc(CN)cs1. The summed E-state index contributed by atoms with van der Waals surface area (Å²) in [4.78, 5) is 2.35. The van der Waals surface area contributed by atoms with Crippen LogP contribution in [0, 0.1) is 0 Å². The highest BCUT2D eigenvalue weighted by atomic mass is 32.2. The first-order valence-corrected chi connectivity index (χ1v) is 9.29. The van der Waals surface area contributed by atoms with Crippen LogP contribution in [0.25, 0.3) is 0 Å². The molecule has 0 radical (unpaired) electrons. The van der Waals surface area contributed by atoms with E-state index in [4.69, 9.17) is 5.73 Å². The Bertz CT molecular complexity index is 542. The average Bonchev–Trinajstić information content (AvgIpc) is 3.07. The molecule has 1 aromatic heterocycles. The van der Waals surface area contributed by atoms with Gasteiger partial charge < -0.3 is 5.73 Å². The molecule has 0 amide bonds. The van der Waals surface area contributed by atoms with Crippen LogP contribution in [0.15, 0.2) is 15.7 Å². The molecule has 2 rings (SSSR count). The van der Waals surface area contributed by atoms with Gasteiger partial charge >= 0.3 is 0 Å². The van der Waals surface area contributed by atoms with Crippen molar-refractivity contribution in [3.05, 3.63) is 17.0 Å². The van der Waals surface area contributed by atoms with Gasteiger partial charge in [-0.25, -0.2) is 8.42 Å². The highest BCUT2D eigenvalue weighted by molar-refractivity contribution is 7.91. The number of likely N-dealkylation sites (tertiary alicyclic amines) is 1. The molecule has 0 aromatic carbocycles. The Hall–Kier alpha value is -0.470. The number of likely N-dealkylation sites (N-methyl/N-ethyl adjacent to an activating group) is 2. The third kappa shape index (κ3) is 3.23. The minimum atomic E-state index is -3.38. The minimum Gasteiger partial charge on any atom is -0.326 e. The van der Waals surface area contributed by atoms with Gasteiger partial charge in [0.25, 0.3) is 10.0 Å². The Balaban J connectivity index is 2.09. The number of nitrogens with zero attached hydrogens (tertiary/aromatic N) is 2. The standard InChI is InChI=1S/C13H23N3O2S2/c1-3-16-6-4-5-12(16)9-15(2)20(17,18)13-7-11(8-14)10-19-13/h7,10,12H,3-6,8-9,14H2,1-2H3.